The van der Waals surface area contributed by atoms with Gasteiger partial charge in [0.25, 0.3) is 0 Å². The maximum absolute atomic E-state index is 12.4. The van der Waals surface area contributed by atoms with E-state index >= 15 is 0 Å². The highest BCUT2D eigenvalue weighted by atomic mass is 16.5. The number of rotatable bonds is 5. The molecule has 0 atom stereocenters. The van der Waals surface area contributed by atoms with Crippen LogP contribution in [0.15, 0.2) is 12.1 Å². The van der Waals surface area contributed by atoms with Gasteiger partial charge in [0, 0.05) is 0 Å². The summed E-state index contributed by atoms with van der Waals surface area (Å²) in [6, 6.07) is 2.56. The van der Waals surface area contributed by atoms with E-state index in [0.29, 0.717) is 0 Å². The summed E-state index contributed by atoms with van der Waals surface area (Å²) >= 11 is 0. The number of benzene rings is 1. The van der Waals surface area contributed by atoms with E-state index in [0.717, 1.165) is 0 Å². The summed E-state index contributed by atoms with van der Waals surface area (Å²) in [6.07, 6.45) is 0. The number of phenolic OH excluding ortho intramolecular Hbond substituents is 1. The highest BCUT2D eigenvalue weighted by molar-refractivity contribution is 6.18. The average Bonchev–Trinajstić information content (AvgIpc) is 3.19. The minimum atomic E-state index is -0.775. The molecule has 1 aromatic carbocycles. The third-order valence-electron chi connectivity index (χ3n) is 4.27. The highest BCUT2D eigenvalue weighted by Gasteiger charge is 2.27. The van der Waals surface area contributed by atoms with Crippen LogP contribution >= 0.6 is 0 Å². The van der Waals surface area contributed by atoms with Gasteiger partial charge >= 0.3 is 17.9 Å². The number of carbonyl (C=O) groups excluding carboxylic acids is 3. The molecular weight excluding hydrogens is 384 g/mol. The summed E-state index contributed by atoms with van der Waals surface area (Å²) in [6.45, 7) is 1.79. The molecule has 3 aromatic rings. The Hall–Kier alpha value is -3.82. The molecule has 0 bridgehead atoms. The van der Waals surface area contributed by atoms with E-state index in [1.165, 1.54) is 33.5 Å². The minimum Gasteiger partial charge on any atom is -0.504 e. The lowest BCUT2D eigenvalue weighted by Gasteiger charge is -2.14. The molecule has 0 radical (unpaired) electrons. The molecule has 0 saturated heterocycles. The molecule has 0 saturated carbocycles. The summed E-state index contributed by atoms with van der Waals surface area (Å²) in [5.41, 5.74) is 0.139. The Bertz CT molecular complexity index is 1150. The van der Waals surface area contributed by atoms with Gasteiger partial charge in [0.1, 0.15) is 11.4 Å². The molecule has 0 spiro atoms. The third kappa shape index (κ3) is 3.18. The fourth-order valence-electron chi connectivity index (χ4n) is 3.03. The van der Waals surface area contributed by atoms with Crippen molar-refractivity contribution in [2.75, 3.05) is 27.9 Å². The largest absolute Gasteiger partial charge is 0.504 e. The van der Waals surface area contributed by atoms with E-state index in [1.807, 2.05) is 0 Å². The van der Waals surface area contributed by atoms with Crippen molar-refractivity contribution in [2.45, 2.75) is 6.92 Å². The SMILES string of the molecule is CCOC(=O)c1cc2c(O)c(OC)c3c(C(=O)OC)cc(C(=O)OC)[nH]c3c2n1. The topological polar surface area (TPSA) is 137 Å². The number of aromatic hydroxyl groups is 1. The molecule has 0 aliphatic carbocycles. The molecule has 10 heteroatoms. The molecule has 2 heterocycles. The zero-order valence-corrected chi connectivity index (χ0v) is 16.1. The van der Waals surface area contributed by atoms with Crippen LogP contribution in [0, 0.1) is 0 Å². The predicted octanol–water partition coefficient (Wildman–Crippen LogP) is 2.18. The number of methoxy groups -OCH3 is 3. The van der Waals surface area contributed by atoms with E-state index in [1.54, 1.807) is 6.92 Å². The number of fused-ring (bicyclic) bond motifs is 3. The number of pyridine rings is 1. The molecule has 0 unspecified atom stereocenters. The molecule has 2 aromatic heterocycles. The van der Waals surface area contributed by atoms with Gasteiger partial charge in [-0.3, -0.25) is 0 Å². The van der Waals surface area contributed by atoms with Crippen LogP contribution in [0.5, 0.6) is 11.5 Å². The average molecular weight is 402 g/mol. The van der Waals surface area contributed by atoms with E-state index in [4.69, 9.17) is 18.9 Å². The Balaban J connectivity index is 2.50. The zero-order valence-electron chi connectivity index (χ0n) is 16.1. The minimum absolute atomic E-state index is 0.0524. The van der Waals surface area contributed by atoms with Crippen LogP contribution in [-0.4, -0.2) is 60.9 Å². The van der Waals surface area contributed by atoms with Crippen LogP contribution < -0.4 is 4.74 Å². The van der Waals surface area contributed by atoms with Gasteiger partial charge in [-0.15, -0.1) is 0 Å². The van der Waals surface area contributed by atoms with Crippen LogP contribution in [0.3, 0.4) is 0 Å². The summed E-state index contributed by atoms with van der Waals surface area (Å²) in [5.74, 6) is -2.59. The molecule has 0 fully saturated rings. The van der Waals surface area contributed by atoms with Crippen molar-refractivity contribution >= 4 is 39.7 Å². The maximum Gasteiger partial charge on any atom is 0.356 e. The van der Waals surface area contributed by atoms with Crippen molar-refractivity contribution in [1.29, 1.82) is 0 Å². The second-order valence-corrected chi connectivity index (χ2v) is 5.84. The van der Waals surface area contributed by atoms with Crippen molar-refractivity contribution in [3.63, 3.8) is 0 Å². The molecule has 3 rings (SSSR count). The quantitative estimate of drug-likeness (QED) is 0.486. The smallest absolute Gasteiger partial charge is 0.356 e. The number of H-pyrrole nitrogens is 1. The number of ether oxygens (including phenoxy) is 4. The van der Waals surface area contributed by atoms with Crippen LogP contribution in [0.4, 0.5) is 0 Å². The second kappa shape index (κ2) is 7.66. The highest BCUT2D eigenvalue weighted by Crippen LogP contribution is 2.44. The Kier molecular flexibility index (Phi) is 5.26. The van der Waals surface area contributed by atoms with Crippen molar-refractivity contribution in [3.8, 4) is 11.5 Å². The van der Waals surface area contributed by atoms with Gasteiger partial charge in [-0.05, 0) is 19.1 Å². The predicted molar refractivity (Wildman–Crippen MR) is 100 cm³/mol. The van der Waals surface area contributed by atoms with E-state index in [9.17, 15) is 19.5 Å². The van der Waals surface area contributed by atoms with Crippen molar-refractivity contribution in [3.05, 3.63) is 29.1 Å². The fourth-order valence-corrected chi connectivity index (χ4v) is 3.03. The van der Waals surface area contributed by atoms with Gasteiger partial charge in [0.2, 0.25) is 0 Å². The Morgan fingerprint density at radius 1 is 1.07 bits per heavy atom. The van der Waals surface area contributed by atoms with Gasteiger partial charge in [-0.1, -0.05) is 0 Å². The molecule has 152 valence electrons. The third-order valence-corrected chi connectivity index (χ3v) is 4.27. The van der Waals surface area contributed by atoms with Crippen LogP contribution in [0.2, 0.25) is 0 Å². The number of aromatic nitrogens is 2. The first-order chi connectivity index (χ1) is 13.9. The number of hydrogen-bond acceptors (Lipinski definition) is 9. The van der Waals surface area contributed by atoms with Crippen molar-refractivity contribution in [2.24, 2.45) is 0 Å². The number of nitrogens with zero attached hydrogens (tertiary/aromatic N) is 1. The van der Waals surface area contributed by atoms with Gasteiger partial charge in [-0.2, -0.15) is 0 Å². The molecule has 10 nitrogen and oxygen atoms in total. The van der Waals surface area contributed by atoms with Crippen LogP contribution in [0.25, 0.3) is 21.8 Å². The number of nitrogens with one attached hydrogen (secondary N) is 1. The standard InChI is InChI=1S/C19H18N2O8/c1-5-29-19(25)11-7-9-13(20-11)14-12(16(26-2)15(9)22)8(17(23)27-3)6-10(21-14)18(24)28-4/h6-7,21-22H,5H2,1-4H3. The van der Waals surface area contributed by atoms with Gasteiger partial charge in [0.15, 0.2) is 11.5 Å². The zero-order chi connectivity index (χ0) is 21.3. The van der Waals surface area contributed by atoms with Gasteiger partial charge < -0.3 is 29.0 Å². The second-order valence-electron chi connectivity index (χ2n) is 5.84. The number of hydrogen-bond donors (Lipinski definition) is 2. The van der Waals surface area contributed by atoms with Crippen LogP contribution in [-0.2, 0) is 14.2 Å². The Morgan fingerprint density at radius 2 is 1.76 bits per heavy atom. The number of phenols is 1. The number of aromatic amines is 1. The first kappa shape index (κ1) is 19.9. The molecule has 0 aliphatic rings. The Labute approximate surface area is 164 Å². The lowest BCUT2D eigenvalue weighted by atomic mass is 10.0. The van der Waals surface area contributed by atoms with E-state index < -0.39 is 17.9 Å². The molecule has 0 amide bonds. The molecule has 2 N–H and O–H groups in total. The molecule has 0 aliphatic heterocycles. The Morgan fingerprint density at radius 3 is 2.34 bits per heavy atom. The number of esters is 3. The van der Waals surface area contributed by atoms with Crippen LogP contribution in [0.1, 0.15) is 38.3 Å². The van der Waals surface area contributed by atoms with Gasteiger partial charge in [0.05, 0.1) is 55.3 Å². The molecule has 29 heavy (non-hydrogen) atoms. The van der Waals surface area contributed by atoms with E-state index in [2.05, 4.69) is 9.97 Å². The fraction of sp³-hybridized carbons (Fsp3) is 0.263. The normalized spacial score (nSPS) is 10.8. The first-order valence-corrected chi connectivity index (χ1v) is 8.47. The first-order valence-electron chi connectivity index (χ1n) is 8.47. The lowest BCUT2D eigenvalue weighted by molar-refractivity contribution is 0.0518. The number of carbonyl (C=O) groups is 3. The van der Waals surface area contributed by atoms with E-state index in [-0.39, 0.29) is 56.9 Å². The monoisotopic (exact) mass is 402 g/mol. The molecular formula is C19H18N2O8. The summed E-state index contributed by atoms with van der Waals surface area (Å²) in [5, 5.41) is 11.0. The summed E-state index contributed by atoms with van der Waals surface area (Å²) in [7, 11) is 3.66. The summed E-state index contributed by atoms with van der Waals surface area (Å²) in [4.78, 5) is 43.6. The maximum atomic E-state index is 12.4. The van der Waals surface area contributed by atoms with Crippen molar-refractivity contribution < 1.29 is 38.4 Å². The van der Waals surface area contributed by atoms with Gasteiger partial charge in [-0.25, -0.2) is 19.4 Å². The summed E-state index contributed by atoms with van der Waals surface area (Å²) < 4.78 is 19.8. The van der Waals surface area contributed by atoms with Crippen molar-refractivity contribution in [1.82, 2.24) is 9.97 Å². The lowest BCUT2D eigenvalue weighted by Crippen LogP contribution is -2.10.